The summed E-state index contributed by atoms with van der Waals surface area (Å²) in [6, 6.07) is 4.89. The molecule has 1 aromatic carbocycles. The highest BCUT2D eigenvalue weighted by Gasteiger charge is 2.25. The largest absolute Gasteiger partial charge is 0.491 e. The van der Waals surface area contributed by atoms with E-state index in [1.807, 2.05) is 13.8 Å². The van der Waals surface area contributed by atoms with Crippen LogP contribution in [0.1, 0.15) is 36.2 Å². The fourth-order valence-electron chi connectivity index (χ4n) is 2.20. The predicted molar refractivity (Wildman–Crippen MR) is 71.5 cm³/mol. The van der Waals surface area contributed by atoms with E-state index in [4.69, 9.17) is 9.94 Å². The third kappa shape index (κ3) is 2.75. The number of nitrogens with zero attached hydrogens (tertiary/aromatic N) is 1. The number of hydrogen-bond donors (Lipinski definition) is 2. The molecule has 0 bridgehead atoms. The molecule has 108 valence electrons. The first-order valence-electron chi connectivity index (χ1n) is 6.56. The zero-order chi connectivity index (χ0) is 14.7. The van der Waals surface area contributed by atoms with Crippen LogP contribution in [0.3, 0.4) is 0 Å². The molecule has 0 unspecified atom stereocenters. The van der Waals surface area contributed by atoms with Crippen molar-refractivity contribution >= 4 is 11.8 Å². The van der Waals surface area contributed by atoms with E-state index in [1.165, 1.54) is 0 Å². The zero-order valence-electron chi connectivity index (χ0n) is 11.5. The number of carbonyl (C=O) groups is 2. The Labute approximate surface area is 117 Å². The van der Waals surface area contributed by atoms with Crippen LogP contribution in [0.4, 0.5) is 0 Å². The lowest BCUT2D eigenvalue weighted by molar-refractivity contribution is -0.133. The van der Waals surface area contributed by atoms with Crippen molar-refractivity contribution in [2.45, 2.75) is 32.9 Å². The summed E-state index contributed by atoms with van der Waals surface area (Å²) < 4.78 is 5.67. The van der Waals surface area contributed by atoms with Crippen molar-refractivity contribution in [1.29, 1.82) is 0 Å². The highest BCUT2D eigenvalue weighted by Crippen LogP contribution is 2.26. The molecule has 0 radical (unpaired) electrons. The molecule has 1 heterocycles. The van der Waals surface area contributed by atoms with Gasteiger partial charge in [-0.05, 0) is 19.1 Å². The summed E-state index contributed by atoms with van der Waals surface area (Å²) in [5, 5.41) is 8.64. The highest BCUT2D eigenvalue weighted by atomic mass is 16.5. The SMILES string of the molecule is CCC(=O)N1Cc2ccc(C(=O)NO)cc2OC[C@@H]1C. The highest BCUT2D eigenvalue weighted by molar-refractivity contribution is 5.93. The summed E-state index contributed by atoms with van der Waals surface area (Å²) in [6.07, 6.45) is 0.449. The second-order valence-electron chi connectivity index (χ2n) is 4.80. The molecule has 0 saturated carbocycles. The smallest absolute Gasteiger partial charge is 0.274 e. The molecule has 6 nitrogen and oxygen atoms in total. The lowest BCUT2D eigenvalue weighted by atomic mass is 10.1. The Bertz CT molecular complexity index is 530. The van der Waals surface area contributed by atoms with Gasteiger partial charge in [-0.15, -0.1) is 0 Å². The zero-order valence-corrected chi connectivity index (χ0v) is 11.5. The van der Waals surface area contributed by atoms with E-state index in [1.54, 1.807) is 28.6 Å². The van der Waals surface area contributed by atoms with Crippen LogP contribution in [0.5, 0.6) is 5.75 Å². The second kappa shape index (κ2) is 5.92. The Morgan fingerprint density at radius 2 is 2.25 bits per heavy atom. The van der Waals surface area contributed by atoms with Crippen LogP contribution in [0, 0.1) is 0 Å². The summed E-state index contributed by atoms with van der Waals surface area (Å²) in [7, 11) is 0. The van der Waals surface area contributed by atoms with E-state index in [9.17, 15) is 9.59 Å². The van der Waals surface area contributed by atoms with Gasteiger partial charge in [0.05, 0.1) is 6.04 Å². The van der Waals surface area contributed by atoms with Gasteiger partial charge in [-0.1, -0.05) is 13.0 Å². The first-order chi connectivity index (χ1) is 9.56. The topological polar surface area (TPSA) is 78.9 Å². The monoisotopic (exact) mass is 278 g/mol. The number of nitrogens with one attached hydrogen (secondary N) is 1. The van der Waals surface area contributed by atoms with Crippen molar-refractivity contribution in [1.82, 2.24) is 10.4 Å². The van der Waals surface area contributed by atoms with Crippen LogP contribution in [0.2, 0.25) is 0 Å². The van der Waals surface area contributed by atoms with Gasteiger partial charge in [0.15, 0.2) is 0 Å². The van der Waals surface area contributed by atoms with Crippen molar-refractivity contribution in [3.8, 4) is 5.75 Å². The van der Waals surface area contributed by atoms with Gasteiger partial charge in [-0.2, -0.15) is 0 Å². The second-order valence-corrected chi connectivity index (χ2v) is 4.80. The summed E-state index contributed by atoms with van der Waals surface area (Å²) in [4.78, 5) is 25.1. The molecule has 20 heavy (non-hydrogen) atoms. The van der Waals surface area contributed by atoms with Gasteiger partial charge in [0.25, 0.3) is 5.91 Å². The van der Waals surface area contributed by atoms with E-state index in [0.29, 0.717) is 30.9 Å². The van der Waals surface area contributed by atoms with Crippen molar-refractivity contribution in [2.24, 2.45) is 0 Å². The van der Waals surface area contributed by atoms with E-state index in [2.05, 4.69) is 0 Å². The lowest BCUT2D eigenvalue weighted by Crippen LogP contribution is -2.39. The van der Waals surface area contributed by atoms with Crippen LogP contribution in [-0.4, -0.2) is 34.6 Å². The number of hydroxylamine groups is 1. The van der Waals surface area contributed by atoms with E-state index >= 15 is 0 Å². The van der Waals surface area contributed by atoms with Gasteiger partial charge in [-0.25, -0.2) is 5.48 Å². The minimum atomic E-state index is -0.588. The molecule has 1 aliphatic rings. The minimum Gasteiger partial charge on any atom is -0.491 e. The maximum Gasteiger partial charge on any atom is 0.274 e. The average Bonchev–Trinajstić information content (AvgIpc) is 2.64. The first-order valence-corrected chi connectivity index (χ1v) is 6.56. The Morgan fingerprint density at radius 3 is 2.90 bits per heavy atom. The molecule has 0 fully saturated rings. The Kier molecular flexibility index (Phi) is 4.24. The first kappa shape index (κ1) is 14.3. The van der Waals surface area contributed by atoms with Crippen molar-refractivity contribution in [3.63, 3.8) is 0 Å². The van der Waals surface area contributed by atoms with Gasteiger partial charge in [0.1, 0.15) is 12.4 Å². The molecular formula is C14H18N2O4. The van der Waals surface area contributed by atoms with Crippen molar-refractivity contribution in [3.05, 3.63) is 29.3 Å². The van der Waals surface area contributed by atoms with E-state index < -0.39 is 5.91 Å². The molecule has 2 N–H and O–H groups in total. The standard InChI is InChI=1S/C14H18N2O4/c1-3-13(17)16-7-11-5-4-10(14(18)15-19)6-12(11)20-8-9(16)2/h4-6,9,19H,3,7-8H2,1-2H3,(H,15,18)/t9-/m0/s1. The third-order valence-corrected chi connectivity index (χ3v) is 3.41. The van der Waals surface area contributed by atoms with Crippen molar-refractivity contribution < 1.29 is 19.5 Å². The number of benzene rings is 1. The van der Waals surface area contributed by atoms with Gasteiger partial charge in [0, 0.05) is 24.1 Å². The molecule has 1 aromatic rings. The molecule has 0 aromatic heterocycles. The fourth-order valence-corrected chi connectivity index (χ4v) is 2.20. The van der Waals surface area contributed by atoms with E-state index in [0.717, 1.165) is 5.56 Å². The maximum absolute atomic E-state index is 11.9. The number of hydrogen-bond acceptors (Lipinski definition) is 4. The van der Waals surface area contributed by atoms with E-state index in [-0.39, 0.29) is 11.9 Å². The molecule has 1 aliphatic heterocycles. The lowest BCUT2D eigenvalue weighted by Gasteiger charge is -2.25. The van der Waals surface area contributed by atoms with Crippen LogP contribution in [0.25, 0.3) is 0 Å². The maximum atomic E-state index is 11.9. The Balaban J connectivity index is 2.30. The summed E-state index contributed by atoms with van der Waals surface area (Å²) in [6.45, 7) is 4.60. The van der Waals surface area contributed by atoms with Gasteiger partial charge < -0.3 is 9.64 Å². The van der Waals surface area contributed by atoms with Gasteiger partial charge >= 0.3 is 0 Å². The molecule has 2 amide bonds. The molecule has 6 heteroatoms. The van der Waals surface area contributed by atoms with Crippen LogP contribution in [0.15, 0.2) is 18.2 Å². The normalized spacial score (nSPS) is 17.8. The fraction of sp³-hybridized carbons (Fsp3) is 0.429. The molecule has 1 atom stereocenters. The number of carbonyl (C=O) groups excluding carboxylic acids is 2. The average molecular weight is 278 g/mol. The summed E-state index contributed by atoms with van der Waals surface area (Å²) in [5.41, 5.74) is 2.76. The molecule has 2 rings (SSSR count). The molecule has 0 aliphatic carbocycles. The third-order valence-electron chi connectivity index (χ3n) is 3.41. The summed E-state index contributed by atoms with van der Waals surface area (Å²) >= 11 is 0. The number of rotatable bonds is 2. The molecular weight excluding hydrogens is 260 g/mol. The van der Waals surface area contributed by atoms with Crippen LogP contribution in [-0.2, 0) is 11.3 Å². The number of fused-ring (bicyclic) bond motifs is 1. The number of amides is 2. The van der Waals surface area contributed by atoms with Gasteiger partial charge in [0.2, 0.25) is 5.91 Å². The van der Waals surface area contributed by atoms with Crippen LogP contribution >= 0.6 is 0 Å². The number of ether oxygens (including phenoxy) is 1. The predicted octanol–water partition coefficient (Wildman–Crippen LogP) is 1.33. The molecule has 0 saturated heterocycles. The van der Waals surface area contributed by atoms with Crippen molar-refractivity contribution in [2.75, 3.05) is 6.61 Å². The quantitative estimate of drug-likeness (QED) is 0.632. The van der Waals surface area contributed by atoms with Gasteiger partial charge in [-0.3, -0.25) is 14.8 Å². The minimum absolute atomic E-state index is 0.0232. The summed E-state index contributed by atoms with van der Waals surface area (Å²) in [5.74, 6) is 0.0608. The molecule has 0 spiro atoms. The Morgan fingerprint density at radius 1 is 1.50 bits per heavy atom. The Hall–Kier alpha value is -2.08. The van der Waals surface area contributed by atoms with Crippen LogP contribution < -0.4 is 10.2 Å².